The monoisotopic (exact) mass is 291 g/mol. The first-order chi connectivity index (χ1) is 9.83. The topological polar surface area (TPSA) is 22.0 Å². The summed E-state index contributed by atoms with van der Waals surface area (Å²) in [6.45, 7) is 3.13. The molecule has 0 aliphatic carbocycles. The number of nitrogens with zero attached hydrogens (tertiary/aromatic N) is 1. The Bertz CT molecular complexity index is 570. The molecule has 2 rings (SSSR count). The molecule has 2 nitrogen and oxygen atoms in total. The molecule has 2 aromatic rings. The van der Waals surface area contributed by atoms with Crippen LogP contribution in [-0.4, -0.2) is 4.57 Å². The van der Waals surface area contributed by atoms with Gasteiger partial charge in [-0.1, -0.05) is 75.3 Å². The summed E-state index contributed by atoms with van der Waals surface area (Å²) >= 11 is 1.36. The summed E-state index contributed by atoms with van der Waals surface area (Å²) in [5, 5.41) is 0. The fraction of sp³-hybridized carbons (Fsp3) is 0.588. The van der Waals surface area contributed by atoms with E-state index in [9.17, 15) is 4.79 Å². The minimum Gasteiger partial charge on any atom is -0.299 e. The van der Waals surface area contributed by atoms with Crippen molar-refractivity contribution < 1.29 is 0 Å². The molecule has 0 atom stereocenters. The molecule has 0 unspecified atom stereocenters. The summed E-state index contributed by atoms with van der Waals surface area (Å²) in [6.07, 6.45) is 10.4. The third-order valence-corrected chi connectivity index (χ3v) is 4.77. The van der Waals surface area contributed by atoms with Gasteiger partial charge < -0.3 is 0 Å². The van der Waals surface area contributed by atoms with E-state index in [1.54, 1.807) is 0 Å². The van der Waals surface area contributed by atoms with Gasteiger partial charge in [0.05, 0.1) is 10.2 Å². The molecule has 0 N–H and O–H groups in total. The van der Waals surface area contributed by atoms with E-state index in [-0.39, 0.29) is 4.87 Å². The molecular formula is C17H25NOS. The Labute approximate surface area is 125 Å². The summed E-state index contributed by atoms with van der Waals surface area (Å²) < 4.78 is 3.05. The summed E-state index contributed by atoms with van der Waals surface area (Å²) in [5.41, 5.74) is 1.10. The fourth-order valence-corrected chi connectivity index (χ4v) is 3.55. The fourth-order valence-electron chi connectivity index (χ4n) is 2.63. The molecule has 0 spiro atoms. The van der Waals surface area contributed by atoms with Gasteiger partial charge in [0.25, 0.3) is 0 Å². The second-order valence-corrected chi connectivity index (χ2v) is 6.46. The van der Waals surface area contributed by atoms with Gasteiger partial charge in [0.2, 0.25) is 0 Å². The number of hydrogen-bond donors (Lipinski definition) is 0. The van der Waals surface area contributed by atoms with E-state index in [1.165, 1.54) is 56.3 Å². The Balaban J connectivity index is 1.73. The van der Waals surface area contributed by atoms with Crippen LogP contribution in [0.4, 0.5) is 0 Å². The number of para-hydroxylation sites is 1. The minimum absolute atomic E-state index is 0.189. The lowest BCUT2D eigenvalue weighted by atomic mass is 10.1. The van der Waals surface area contributed by atoms with Crippen LogP contribution in [0.2, 0.25) is 0 Å². The van der Waals surface area contributed by atoms with Gasteiger partial charge in [0.1, 0.15) is 0 Å². The molecule has 0 aliphatic rings. The molecule has 1 aromatic heterocycles. The Morgan fingerprint density at radius 1 is 0.950 bits per heavy atom. The number of rotatable bonds is 9. The van der Waals surface area contributed by atoms with Crippen molar-refractivity contribution in [3.05, 3.63) is 33.9 Å². The third-order valence-electron chi connectivity index (χ3n) is 3.81. The van der Waals surface area contributed by atoms with Crippen LogP contribution in [0.1, 0.15) is 58.3 Å². The second-order valence-electron chi connectivity index (χ2n) is 5.46. The van der Waals surface area contributed by atoms with Crippen LogP contribution in [0.25, 0.3) is 10.2 Å². The van der Waals surface area contributed by atoms with E-state index in [1.807, 2.05) is 22.8 Å². The summed E-state index contributed by atoms with van der Waals surface area (Å²) in [4.78, 5) is 12.1. The molecule has 0 aliphatic heterocycles. The summed E-state index contributed by atoms with van der Waals surface area (Å²) in [6, 6.07) is 8.10. The molecule has 0 fully saturated rings. The predicted molar refractivity (Wildman–Crippen MR) is 88.7 cm³/mol. The Morgan fingerprint density at radius 2 is 1.60 bits per heavy atom. The number of unbranched alkanes of at least 4 members (excludes halogenated alkanes) is 7. The predicted octanol–water partition coefficient (Wildman–Crippen LogP) is 5.20. The SMILES string of the molecule is CCCCCCCCCCn1c(=O)sc2ccccc21. The Kier molecular flexibility index (Phi) is 6.31. The van der Waals surface area contributed by atoms with Gasteiger partial charge in [-0.05, 0) is 18.6 Å². The first kappa shape index (κ1) is 15.3. The minimum atomic E-state index is 0.189. The lowest BCUT2D eigenvalue weighted by Crippen LogP contribution is -2.12. The van der Waals surface area contributed by atoms with Gasteiger partial charge in [-0.25, -0.2) is 0 Å². The summed E-state index contributed by atoms with van der Waals surface area (Å²) in [5.74, 6) is 0. The molecular weight excluding hydrogens is 266 g/mol. The zero-order chi connectivity index (χ0) is 14.2. The number of benzene rings is 1. The summed E-state index contributed by atoms with van der Waals surface area (Å²) in [7, 11) is 0. The number of aryl methyl sites for hydroxylation is 1. The van der Waals surface area contributed by atoms with Gasteiger partial charge in [-0.2, -0.15) is 0 Å². The van der Waals surface area contributed by atoms with E-state index in [2.05, 4.69) is 13.0 Å². The van der Waals surface area contributed by atoms with Crippen molar-refractivity contribution >= 4 is 21.6 Å². The zero-order valence-corrected chi connectivity index (χ0v) is 13.3. The van der Waals surface area contributed by atoms with Crippen molar-refractivity contribution in [2.45, 2.75) is 64.8 Å². The molecule has 3 heteroatoms. The van der Waals surface area contributed by atoms with Crippen LogP contribution in [0.15, 0.2) is 29.1 Å². The smallest absolute Gasteiger partial charge is 0.299 e. The molecule has 20 heavy (non-hydrogen) atoms. The maximum absolute atomic E-state index is 12.0. The Morgan fingerprint density at radius 3 is 2.35 bits per heavy atom. The van der Waals surface area contributed by atoms with Gasteiger partial charge in [0.15, 0.2) is 0 Å². The number of fused-ring (bicyclic) bond motifs is 1. The van der Waals surface area contributed by atoms with E-state index in [0.717, 1.165) is 23.2 Å². The molecule has 0 saturated heterocycles. The quantitative estimate of drug-likeness (QED) is 0.582. The highest BCUT2D eigenvalue weighted by Gasteiger charge is 2.05. The van der Waals surface area contributed by atoms with Crippen LogP contribution in [0, 0.1) is 0 Å². The molecule has 0 saturated carbocycles. The van der Waals surface area contributed by atoms with E-state index >= 15 is 0 Å². The highest BCUT2D eigenvalue weighted by Crippen LogP contribution is 2.17. The van der Waals surface area contributed by atoms with E-state index < -0.39 is 0 Å². The first-order valence-corrected chi connectivity index (χ1v) is 8.73. The van der Waals surface area contributed by atoms with Crippen molar-refractivity contribution in [1.29, 1.82) is 0 Å². The standard InChI is InChI=1S/C17H25NOS/c1-2-3-4-5-6-7-8-11-14-18-15-12-9-10-13-16(15)20-17(18)19/h9-10,12-13H,2-8,11,14H2,1H3. The van der Waals surface area contributed by atoms with E-state index in [4.69, 9.17) is 0 Å². The molecule has 1 heterocycles. The van der Waals surface area contributed by atoms with Crippen LogP contribution in [-0.2, 0) is 6.54 Å². The van der Waals surface area contributed by atoms with Crippen LogP contribution < -0.4 is 4.87 Å². The molecule has 1 aromatic carbocycles. The Hall–Kier alpha value is -1.09. The largest absolute Gasteiger partial charge is 0.308 e. The number of aromatic nitrogens is 1. The maximum atomic E-state index is 12.0. The van der Waals surface area contributed by atoms with Crippen molar-refractivity contribution in [1.82, 2.24) is 4.57 Å². The van der Waals surface area contributed by atoms with Crippen molar-refractivity contribution in [3.63, 3.8) is 0 Å². The van der Waals surface area contributed by atoms with Gasteiger partial charge in [0, 0.05) is 6.54 Å². The average molecular weight is 291 g/mol. The van der Waals surface area contributed by atoms with Gasteiger partial charge in [-0.3, -0.25) is 9.36 Å². The molecule has 0 radical (unpaired) electrons. The lowest BCUT2D eigenvalue weighted by molar-refractivity contribution is 0.546. The molecule has 0 amide bonds. The van der Waals surface area contributed by atoms with Crippen LogP contribution >= 0.6 is 11.3 Å². The maximum Gasteiger partial charge on any atom is 0.308 e. The van der Waals surface area contributed by atoms with Crippen LogP contribution in [0.3, 0.4) is 0 Å². The highest BCUT2D eigenvalue weighted by atomic mass is 32.1. The number of hydrogen-bond acceptors (Lipinski definition) is 2. The van der Waals surface area contributed by atoms with Crippen molar-refractivity contribution in [2.75, 3.05) is 0 Å². The van der Waals surface area contributed by atoms with Crippen molar-refractivity contribution in [3.8, 4) is 0 Å². The molecule has 0 bridgehead atoms. The average Bonchev–Trinajstić information content (AvgIpc) is 2.78. The first-order valence-electron chi connectivity index (χ1n) is 7.91. The van der Waals surface area contributed by atoms with E-state index in [0.29, 0.717) is 0 Å². The third kappa shape index (κ3) is 4.20. The molecule has 110 valence electrons. The second kappa shape index (κ2) is 8.25. The van der Waals surface area contributed by atoms with Gasteiger partial charge >= 0.3 is 4.87 Å². The van der Waals surface area contributed by atoms with Crippen molar-refractivity contribution in [2.24, 2.45) is 0 Å². The lowest BCUT2D eigenvalue weighted by Gasteiger charge is -2.04. The number of thiazole rings is 1. The highest BCUT2D eigenvalue weighted by molar-refractivity contribution is 7.16. The normalized spacial score (nSPS) is 11.2. The van der Waals surface area contributed by atoms with Gasteiger partial charge in [-0.15, -0.1) is 0 Å². The zero-order valence-electron chi connectivity index (χ0n) is 12.4. The van der Waals surface area contributed by atoms with Crippen LogP contribution in [0.5, 0.6) is 0 Å².